The number of benzene rings is 1. The molecule has 5 N–H and O–H groups in total. The summed E-state index contributed by atoms with van der Waals surface area (Å²) in [4.78, 5) is 4.16. The predicted octanol–water partition coefficient (Wildman–Crippen LogP) is 2.01. The molecule has 0 aliphatic rings. The van der Waals surface area contributed by atoms with Crippen molar-refractivity contribution in [3.63, 3.8) is 0 Å². The van der Waals surface area contributed by atoms with Crippen LogP contribution in [0.1, 0.15) is 18.6 Å². The van der Waals surface area contributed by atoms with Crippen molar-refractivity contribution in [3.8, 4) is 0 Å². The number of hydrogen-bond donors (Lipinski definition) is 3. The molecule has 0 atom stereocenters. The monoisotopic (exact) mass is 232 g/mol. The highest BCUT2D eigenvalue weighted by Gasteiger charge is 2.02. The number of nitrogens with two attached hydrogens (primary N) is 2. The van der Waals surface area contributed by atoms with E-state index >= 15 is 0 Å². The maximum atomic E-state index is 5.71. The van der Waals surface area contributed by atoms with E-state index in [9.17, 15) is 0 Å². The van der Waals surface area contributed by atoms with Gasteiger partial charge in [0.1, 0.15) is 5.76 Å². The number of rotatable bonds is 4. The van der Waals surface area contributed by atoms with Gasteiger partial charge in [-0.25, -0.2) is 4.98 Å². The van der Waals surface area contributed by atoms with Gasteiger partial charge in [-0.3, -0.25) is 0 Å². The molecule has 0 aliphatic carbocycles. The lowest BCUT2D eigenvalue weighted by atomic mass is 10.2. The van der Waals surface area contributed by atoms with E-state index < -0.39 is 0 Å². The fourth-order valence-corrected chi connectivity index (χ4v) is 1.46. The van der Waals surface area contributed by atoms with Crippen LogP contribution < -0.4 is 16.8 Å². The zero-order chi connectivity index (χ0) is 12.3. The first-order chi connectivity index (χ1) is 8.19. The van der Waals surface area contributed by atoms with Gasteiger partial charge < -0.3 is 21.2 Å². The molecule has 0 saturated carbocycles. The molecule has 2 rings (SSSR count). The molecule has 0 aliphatic heterocycles. The Morgan fingerprint density at radius 1 is 1.29 bits per heavy atom. The normalized spacial score (nSPS) is 10.4. The number of nitrogens with one attached hydrogen (secondary N) is 1. The molecule has 0 amide bonds. The number of aryl methyl sites for hydroxylation is 1. The minimum Gasteiger partial charge on any atom is -0.444 e. The number of anilines is 3. The van der Waals surface area contributed by atoms with Gasteiger partial charge in [0, 0.05) is 12.1 Å². The number of hydrogen-bond acceptors (Lipinski definition) is 5. The molecule has 0 radical (unpaired) electrons. The van der Waals surface area contributed by atoms with Crippen LogP contribution in [-0.4, -0.2) is 4.98 Å². The molecule has 2 aromatic rings. The van der Waals surface area contributed by atoms with E-state index in [2.05, 4.69) is 10.3 Å². The Labute approximate surface area is 99.8 Å². The van der Waals surface area contributed by atoms with Crippen molar-refractivity contribution in [3.05, 3.63) is 36.0 Å². The van der Waals surface area contributed by atoms with Gasteiger partial charge in [-0.2, -0.15) is 0 Å². The molecule has 90 valence electrons. The molecule has 0 spiro atoms. The van der Waals surface area contributed by atoms with Crippen LogP contribution in [0.5, 0.6) is 0 Å². The Hall–Kier alpha value is -2.17. The first-order valence-corrected chi connectivity index (χ1v) is 5.51. The third-order valence-corrected chi connectivity index (χ3v) is 2.48. The van der Waals surface area contributed by atoms with Crippen LogP contribution in [0.15, 0.2) is 28.8 Å². The highest BCUT2D eigenvalue weighted by Crippen LogP contribution is 2.20. The highest BCUT2D eigenvalue weighted by molar-refractivity contribution is 5.69. The van der Waals surface area contributed by atoms with Gasteiger partial charge in [0.2, 0.25) is 5.89 Å². The standard InChI is InChI=1S/C12H16N4O/c1-2-9-6-16-12(17-9)7-15-8-3-4-10(13)11(14)5-8/h3-6,15H,2,7,13-14H2,1H3. The maximum Gasteiger partial charge on any atom is 0.213 e. The molecule has 5 nitrogen and oxygen atoms in total. The molecule has 1 aromatic carbocycles. The Morgan fingerprint density at radius 3 is 2.76 bits per heavy atom. The van der Waals surface area contributed by atoms with Gasteiger partial charge in [-0.05, 0) is 18.2 Å². The van der Waals surface area contributed by atoms with Crippen LogP contribution in [-0.2, 0) is 13.0 Å². The lowest BCUT2D eigenvalue weighted by Gasteiger charge is -2.06. The topological polar surface area (TPSA) is 90.1 Å². The predicted molar refractivity (Wildman–Crippen MR) is 68.5 cm³/mol. The van der Waals surface area contributed by atoms with Crippen molar-refractivity contribution in [2.45, 2.75) is 19.9 Å². The summed E-state index contributed by atoms with van der Waals surface area (Å²) in [6.07, 6.45) is 2.59. The number of nitrogens with zero attached hydrogens (tertiary/aromatic N) is 1. The average molecular weight is 232 g/mol. The van der Waals surface area contributed by atoms with E-state index in [0.29, 0.717) is 23.8 Å². The zero-order valence-corrected chi connectivity index (χ0v) is 9.73. The van der Waals surface area contributed by atoms with Crippen LogP contribution in [0.3, 0.4) is 0 Å². The van der Waals surface area contributed by atoms with E-state index in [1.54, 1.807) is 18.3 Å². The first-order valence-electron chi connectivity index (χ1n) is 5.51. The molecule has 5 heteroatoms. The van der Waals surface area contributed by atoms with Crippen molar-refractivity contribution < 1.29 is 4.42 Å². The summed E-state index contributed by atoms with van der Waals surface area (Å²) in [5.41, 5.74) is 13.4. The third-order valence-electron chi connectivity index (χ3n) is 2.48. The number of aromatic nitrogens is 1. The maximum absolute atomic E-state index is 5.71. The third kappa shape index (κ3) is 2.69. The molecule has 1 aromatic heterocycles. The van der Waals surface area contributed by atoms with Crippen molar-refractivity contribution in [2.75, 3.05) is 16.8 Å². The summed E-state index contributed by atoms with van der Waals surface area (Å²) >= 11 is 0. The van der Waals surface area contributed by atoms with Crippen LogP contribution in [0.25, 0.3) is 0 Å². The summed E-state index contributed by atoms with van der Waals surface area (Å²) in [5.74, 6) is 1.55. The largest absolute Gasteiger partial charge is 0.444 e. The lowest BCUT2D eigenvalue weighted by molar-refractivity contribution is 0.466. The van der Waals surface area contributed by atoms with Crippen molar-refractivity contribution in [1.29, 1.82) is 0 Å². The van der Waals surface area contributed by atoms with Gasteiger partial charge in [-0.1, -0.05) is 6.92 Å². The first kappa shape index (κ1) is 11.3. The fourth-order valence-electron chi connectivity index (χ4n) is 1.46. The van der Waals surface area contributed by atoms with E-state index in [1.165, 1.54) is 0 Å². The van der Waals surface area contributed by atoms with Crippen LogP contribution in [0, 0.1) is 0 Å². The van der Waals surface area contributed by atoms with E-state index in [1.807, 2.05) is 13.0 Å². The molecule has 0 unspecified atom stereocenters. The Balaban J connectivity index is 1.99. The second-order valence-electron chi connectivity index (χ2n) is 3.77. The van der Waals surface area contributed by atoms with Gasteiger partial charge in [0.15, 0.2) is 0 Å². The summed E-state index contributed by atoms with van der Waals surface area (Å²) in [5, 5.41) is 3.17. The van der Waals surface area contributed by atoms with Crippen molar-refractivity contribution in [1.82, 2.24) is 4.98 Å². The highest BCUT2D eigenvalue weighted by atomic mass is 16.4. The van der Waals surface area contributed by atoms with E-state index in [0.717, 1.165) is 17.9 Å². The molecule has 17 heavy (non-hydrogen) atoms. The van der Waals surface area contributed by atoms with Crippen molar-refractivity contribution in [2.24, 2.45) is 0 Å². The average Bonchev–Trinajstić information content (AvgIpc) is 2.79. The second kappa shape index (κ2) is 4.78. The summed E-state index contributed by atoms with van der Waals surface area (Å²) in [6.45, 7) is 2.56. The molecular weight excluding hydrogens is 216 g/mol. The van der Waals surface area contributed by atoms with E-state index in [-0.39, 0.29) is 0 Å². The van der Waals surface area contributed by atoms with E-state index in [4.69, 9.17) is 15.9 Å². The summed E-state index contributed by atoms with van der Waals surface area (Å²) in [7, 11) is 0. The molecule has 1 heterocycles. The Bertz CT molecular complexity index is 507. The lowest BCUT2D eigenvalue weighted by Crippen LogP contribution is -2.01. The second-order valence-corrected chi connectivity index (χ2v) is 3.77. The quantitative estimate of drug-likeness (QED) is 0.701. The van der Waals surface area contributed by atoms with Gasteiger partial charge in [0.05, 0.1) is 24.1 Å². The summed E-state index contributed by atoms with van der Waals surface area (Å²) in [6, 6.07) is 5.43. The van der Waals surface area contributed by atoms with Gasteiger partial charge in [-0.15, -0.1) is 0 Å². The number of oxazole rings is 1. The van der Waals surface area contributed by atoms with Crippen LogP contribution in [0.4, 0.5) is 17.1 Å². The molecule has 0 fully saturated rings. The summed E-state index contributed by atoms with van der Waals surface area (Å²) < 4.78 is 5.48. The Morgan fingerprint density at radius 2 is 2.12 bits per heavy atom. The Kier molecular flexibility index (Phi) is 3.18. The SMILES string of the molecule is CCc1cnc(CNc2ccc(N)c(N)c2)o1. The van der Waals surface area contributed by atoms with Crippen LogP contribution in [0.2, 0.25) is 0 Å². The molecule has 0 bridgehead atoms. The van der Waals surface area contributed by atoms with Crippen LogP contribution >= 0.6 is 0 Å². The fraction of sp³-hybridized carbons (Fsp3) is 0.250. The van der Waals surface area contributed by atoms with Gasteiger partial charge in [0.25, 0.3) is 0 Å². The number of nitrogen functional groups attached to an aromatic ring is 2. The smallest absolute Gasteiger partial charge is 0.213 e. The van der Waals surface area contributed by atoms with Gasteiger partial charge >= 0.3 is 0 Å². The minimum atomic E-state index is 0.531. The molecule has 0 saturated heterocycles. The van der Waals surface area contributed by atoms with Crippen molar-refractivity contribution >= 4 is 17.1 Å². The zero-order valence-electron chi connectivity index (χ0n) is 9.73. The minimum absolute atomic E-state index is 0.531. The molecular formula is C12H16N4O.